The van der Waals surface area contributed by atoms with E-state index in [9.17, 15) is 4.79 Å². The van der Waals surface area contributed by atoms with Gasteiger partial charge in [-0.25, -0.2) is 10.4 Å². The molecule has 1 N–H and O–H groups in total. The number of amides is 1. The number of carbonyl (C=O) groups is 1. The molecule has 3 nitrogen and oxygen atoms in total. The average Bonchev–Trinajstić information content (AvgIpc) is 2.61. The second-order valence-corrected chi connectivity index (χ2v) is 5.22. The Hall–Kier alpha value is -0.870. The van der Waals surface area contributed by atoms with Crippen LogP contribution in [0.15, 0.2) is 28.7 Å². The highest BCUT2D eigenvalue weighted by atomic mass is 79.9. The smallest absolute Gasteiger partial charge is 0.243 e. The minimum atomic E-state index is 0.130. The highest BCUT2D eigenvalue weighted by Gasteiger charge is 2.32. The van der Waals surface area contributed by atoms with Gasteiger partial charge in [-0.3, -0.25) is 4.79 Å². The fourth-order valence-electron chi connectivity index (χ4n) is 1.78. The van der Waals surface area contributed by atoms with Crippen LogP contribution in [0.2, 0.25) is 0 Å². The van der Waals surface area contributed by atoms with Gasteiger partial charge in [0.25, 0.3) is 0 Å². The molecule has 1 heterocycles. The maximum Gasteiger partial charge on any atom is 0.243 e. The van der Waals surface area contributed by atoms with Gasteiger partial charge in [-0.1, -0.05) is 26.0 Å². The summed E-state index contributed by atoms with van der Waals surface area (Å²) < 4.78 is 0.931. The van der Waals surface area contributed by atoms with Crippen molar-refractivity contribution in [2.75, 3.05) is 5.01 Å². The summed E-state index contributed by atoms with van der Waals surface area (Å²) in [5.74, 6) is 0.585. The van der Waals surface area contributed by atoms with E-state index in [0.717, 1.165) is 10.2 Å². The van der Waals surface area contributed by atoms with E-state index >= 15 is 0 Å². The van der Waals surface area contributed by atoms with Crippen molar-refractivity contribution in [2.24, 2.45) is 5.92 Å². The fourth-order valence-corrected chi connectivity index (χ4v) is 2.25. The summed E-state index contributed by atoms with van der Waals surface area (Å²) in [5.41, 5.74) is 4.14. The molecule has 1 fully saturated rings. The molecule has 0 radical (unpaired) electrons. The highest BCUT2D eigenvalue weighted by Crippen LogP contribution is 2.28. The molecule has 4 heteroatoms. The Morgan fingerprint density at radius 2 is 2.12 bits per heavy atom. The van der Waals surface area contributed by atoms with Crippen molar-refractivity contribution in [3.8, 4) is 0 Å². The van der Waals surface area contributed by atoms with Gasteiger partial charge in [0, 0.05) is 16.9 Å². The van der Waals surface area contributed by atoms with E-state index in [4.69, 9.17) is 0 Å². The van der Waals surface area contributed by atoms with Crippen LogP contribution in [0.3, 0.4) is 0 Å². The molecular weight excluding hydrogens is 268 g/mol. The van der Waals surface area contributed by atoms with Gasteiger partial charge in [0.05, 0.1) is 5.69 Å². The molecular formula is C12H15BrN2O. The molecule has 0 spiro atoms. The molecule has 1 amide bonds. The van der Waals surface area contributed by atoms with E-state index in [0.29, 0.717) is 12.3 Å². The molecule has 1 aliphatic rings. The standard InChI is InChI=1S/C12H15BrN2O/c1-8(2)10-7-12(16)15(14-10)11-6-4-3-5-9(11)13/h3-6,8,10,14H,7H2,1-2H3. The molecule has 1 aromatic rings. The first-order valence-electron chi connectivity index (χ1n) is 5.43. The van der Waals surface area contributed by atoms with E-state index in [1.54, 1.807) is 5.01 Å². The summed E-state index contributed by atoms with van der Waals surface area (Å²) in [5, 5.41) is 1.65. The fraction of sp³-hybridized carbons (Fsp3) is 0.417. The topological polar surface area (TPSA) is 32.3 Å². The number of nitrogens with one attached hydrogen (secondary N) is 1. The molecule has 1 unspecified atom stereocenters. The molecule has 2 rings (SSSR count). The largest absolute Gasteiger partial charge is 0.273 e. The molecule has 1 aromatic carbocycles. The summed E-state index contributed by atoms with van der Waals surface area (Å²) in [4.78, 5) is 11.9. The number of benzene rings is 1. The number of anilines is 1. The van der Waals surface area contributed by atoms with Crippen LogP contribution in [0.25, 0.3) is 0 Å². The third-order valence-corrected chi connectivity index (χ3v) is 3.51. The van der Waals surface area contributed by atoms with Crippen molar-refractivity contribution in [3.05, 3.63) is 28.7 Å². The third kappa shape index (κ3) is 2.13. The Labute approximate surface area is 104 Å². The minimum absolute atomic E-state index is 0.130. The number of nitrogens with zero attached hydrogens (tertiary/aromatic N) is 1. The minimum Gasteiger partial charge on any atom is -0.273 e. The van der Waals surface area contributed by atoms with Gasteiger partial charge in [0.2, 0.25) is 5.91 Å². The Bertz CT molecular complexity index is 406. The maximum atomic E-state index is 11.9. The second-order valence-electron chi connectivity index (χ2n) is 4.36. The van der Waals surface area contributed by atoms with Crippen molar-refractivity contribution in [2.45, 2.75) is 26.3 Å². The predicted octanol–water partition coefficient (Wildman–Crippen LogP) is 2.72. The zero-order valence-corrected chi connectivity index (χ0v) is 11.0. The first-order chi connectivity index (χ1) is 7.59. The molecule has 1 saturated heterocycles. The van der Waals surface area contributed by atoms with Crippen LogP contribution in [0.1, 0.15) is 20.3 Å². The van der Waals surface area contributed by atoms with Crippen LogP contribution in [-0.4, -0.2) is 11.9 Å². The first kappa shape index (κ1) is 11.6. The van der Waals surface area contributed by atoms with Gasteiger partial charge in [0.1, 0.15) is 0 Å². The van der Waals surface area contributed by atoms with Crippen molar-refractivity contribution in [3.63, 3.8) is 0 Å². The lowest BCUT2D eigenvalue weighted by Crippen LogP contribution is -2.39. The van der Waals surface area contributed by atoms with Crippen LogP contribution in [0.4, 0.5) is 5.69 Å². The number of hydrogen-bond donors (Lipinski definition) is 1. The Balaban J connectivity index is 2.24. The van der Waals surface area contributed by atoms with Gasteiger partial charge in [-0.2, -0.15) is 0 Å². The molecule has 0 aliphatic carbocycles. The van der Waals surface area contributed by atoms with Crippen molar-refractivity contribution in [1.29, 1.82) is 0 Å². The van der Waals surface area contributed by atoms with Gasteiger partial charge < -0.3 is 0 Å². The number of carbonyl (C=O) groups excluding carboxylic acids is 1. The van der Waals surface area contributed by atoms with Crippen LogP contribution in [-0.2, 0) is 4.79 Å². The lowest BCUT2D eigenvalue weighted by atomic mass is 10.0. The number of para-hydroxylation sites is 1. The van der Waals surface area contributed by atoms with Crippen LogP contribution in [0, 0.1) is 5.92 Å². The quantitative estimate of drug-likeness (QED) is 0.905. The lowest BCUT2D eigenvalue weighted by Gasteiger charge is -2.20. The Kier molecular flexibility index (Phi) is 3.30. The SMILES string of the molecule is CC(C)C1CC(=O)N(c2ccccc2Br)N1. The molecule has 0 bridgehead atoms. The monoisotopic (exact) mass is 282 g/mol. The number of hydrogen-bond acceptors (Lipinski definition) is 2. The summed E-state index contributed by atoms with van der Waals surface area (Å²) in [6.07, 6.45) is 0.568. The van der Waals surface area contributed by atoms with Gasteiger partial charge in [-0.05, 0) is 34.0 Å². The van der Waals surface area contributed by atoms with Crippen LogP contribution >= 0.6 is 15.9 Å². The van der Waals surface area contributed by atoms with Gasteiger partial charge >= 0.3 is 0 Å². The zero-order valence-electron chi connectivity index (χ0n) is 9.40. The molecule has 0 saturated carbocycles. The summed E-state index contributed by atoms with van der Waals surface area (Å²) in [7, 11) is 0. The van der Waals surface area contributed by atoms with Crippen LogP contribution in [0.5, 0.6) is 0 Å². The van der Waals surface area contributed by atoms with E-state index in [1.807, 2.05) is 24.3 Å². The van der Waals surface area contributed by atoms with Gasteiger partial charge in [-0.15, -0.1) is 0 Å². The van der Waals surface area contributed by atoms with Crippen LogP contribution < -0.4 is 10.4 Å². The van der Waals surface area contributed by atoms with Crippen molar-refractivity contribution < 1.29 is 4.79 Å². The normalized spacial score (nSPS) is 20.9. The molecule has 16 heavy (non-hydrogen) atoms. The first-order valence-corrected chi connectivity index (χ1v) is 6.22. The second kappa shape index (κ2) is 4.55. The third-order valence-electron chi connectivity index (χ3n) is 2.84. The molecule has 0 aromatic heterocycles. The summed E-state index contributed by atoms with van der Waals surface area (Å²) in [6, 6.07) is 7.97. The van der Waals surface area contributed by atoms with Gasteiger partial charge in [0.15, 0.2) is 0 Å². The number of rotatable bonds is 2. The van der Waals surface area contributed by atoms with E-state index < -0.39 is 0 Å². The number of halogens is 1. The van der Waals surface area contributed by atoms with E-state index in [2.05, 4.69) is 35.2 Å². The maximum absolute atomic E-state index is 11.9. The predicted molar refractivity (Wildman–Crippen MR) is 68.0 cm³/mol. The summed E-state index contributed by atoms with van der Waals surface area (Å²) in [6.45, 7) is 4.24. The van der Waals surface area contributed by atoms with Crippen molar-refractivity contribution in [1.82, 2.24) is 5.43 Å². The van der Waals surface area contributed by atoms with E-state index in [-0.39, 0.29) is 11.9 Å². The Morgan fingerprint density at radius 1 is 1.44 bits per heavy atom. The highest BCUT2D eigenvalue weighted by molar-refractivity contribution is 9.10. The number of hydrazine groups is 1. The lowest BCUT2D eigenvalue weighted by molar-refractivity contribution is -0.117. The molecule has 1 atom stereocenters. The van der Waals surface area contributed by atoms with Crippen molar-refractivity contribution >= 4 is 27.5 Å². The van der Waals surface area contributed by atoms with E-state index in [1.165, 1.54) is 0 Å². The summed E-state index contributed by atoms with van der Waals surface area (Å²) >= 11 is 3.46. The average molecular weight is 283 g/mol. The Morgan fingerprint density at radius 3 is 2.69 bits per heavy atom. The molecule has 86 valence electrons. The molecule has 1 aliphatic heterocycles. The zero-order chi connectivity index (χ0) is 11.7.